The Morgan fingerprint density at radius 1 is 1.35 bits per heavy atom. The van der Waals surface area contributed by atoms with E-state index in [1.807, 2.05) is 30.3 Å². The molecule has 1 atom stereocenters. The predicted octanol–water partition coefficient (Wildman–Crippen LogP) is 2.40. The maximum absolute atomic E-state index is 5.43. The van der Waals surface area contributed by atoms with Crippen LogP contribution in [0.4, 0.5) is 0 Å². The molecule has 1 aliphatic heterocycles. The van der Waals surface area contributed by atoms with Crippen molar-refractivity contribution in [3.8, 4) is 0 Å². The van der Waals surface area contributed by atoms with Gasteiger partial charge in [0.1, 0.15) is 0 Å². The molecular weight excluding hydrogens is 284 g/mol. The Balaban J connectivity index is 2.08. The lowest BCUT2D eigenvalue weighted by molar-refractivity contribution is -0.0236. The third kappa shape index (κ3) is 3.00. The Bertz CT molecular complexity index is 405. The summed E-state index contributed by atoms with van der Waals surface area (Å²) in [5.41, 5.74) is 4.48. The zero-order chi connectivity index (χ0) is 12.3. The fourth-order valence-electron chi connectivity index (χ4n) is 1.67. The average Bonchev–Trinajstić information content (AvgIpc) is 2.69. The van der Waals surface area contributed by atoms with Crippen molar-refractivity contribution in [3.05, 3.63) is 46.3 Å². The Morgan fingerprint density at radius 3 is 2.71 bits per heavy atom. The third-order valence-electron chi connectivity index (χ3n) is 2.53. The van der Waals surface area contributed by atoms with Crippen LogP contribution in [0.25, 0.3) is 0 Å². The molecule has 0 aliphatic carbocycles. The molecule has 1 aromatic rings. The molecule has 5 heteroatoms. The molecule has 1 heterocycles. The lowest BCUT2D eigenvalue weighted by atomic mass is 10.1. The number of ether oxygens (including phenoxy) is 2. The van der Waals surface area contributed by atoms with E-state index in [0.29, 0.717) is 0 Å². The second-order valence-corrected chi connectivity index (χ2v) is 4.69. The molecular formula is C12H15BrN2O2. The highest BCUT2D eigenvalue weighted by atomic mass is 79.9. The Hall–Kier alpha value is -1.04. The van der Waals surface area contributed by atoms with Crippen molar-refractivity contribution in [3.63, 3.8) is 0 Å². The Kier molecular flexibility index (Phi) is 4.04. The zero-order valence-corrected chi connectivity index (χ0v) is 11.4. The number of hydrogen-bond acceptors (Lipinski definition) is 4. The van der Waals surface area contributed by atoms with Gasteiger partial charge in [0.15, 0.2) is 6.79 Å². The summed E-state index contributed by atoms with van der Waals surface area (Å²) in [5.74, 6) is 0.778. The van der Waals surface area contributed by atoms with E-state index in [-0.39, 0.29) is 12.8 Å². The molecule has 0 spiro atoms. The van der Waals surface area contributed by atoms with Crippen LogP contribution in [0, 0.1) is 0 Å². The number of methoxy groups -OCH3 is 1. The minimum Gasteiger partial charge on any atom is -0.451 e. The van der Waals surface area contributed by atoms with Crippen LogP contribution >= 0.6 is 15.9 Å². The largest absolute Gasteiger partial charge is 0.451 e. The summed E-state index contributed by atoms with van der Waals surface area (Å²) in [6, 6.07) is 8.34. The van der Waals surface area contributed by atoms with Crippen molar-refractivity contribution in [1.29, 1.82) is 0 Å². The van der Waals surface area contributed by atoms with Crippen molar-refractivity contribution in [2.75, 3.05) is 21.0 Å². The van der Waals surface area contributed by atoms with Crippen LogP contribution < -0.4 is 5.43 Å². The van der Waals surface area contributed by atoms with Crippen LogP contribution in [0.3, 0.4) is 0 Å². The standard InChI is InChI=1S/C12H15BrN2O2/c1-15-12(17-8-16-2)7-11(14-15)9-3-5-10(13)6-4-9/h3-7,11,14H,8H2,1-2H3. The number of benzene rings is 1. The average molecular weight is 299 g/mol. The fourth-order valence-corrected chi connectivity index (χ4v) is 1.93. The van der Waals surface area contributed by atoms with Crippen LogP contribution in [0.1, 0.15) is 11.6 Å². The van der Waals surface area contributed by atoms with Crippen molar-refractivity contribution in [2.24, 2.45) is 0 Å². The zero-order valence-electron chi connectivity index (χ0n) is 9.81. The summed E-state index contributed by atoms with van der Waals surface area (Å²) < 4.78 is 11.4. The van der Waals surface area contributed by atoms with Crippen LogP contribution in [0.2, 0.25) is 0 Å². The normalized spacial score (nSPS) is 19.4. The number of halogens is 1. The monoisotopic (exact) mass is 298 g/mol. The molecule has 0 amide bonds. The van der Waals surface area contributed by atoms with Crippen LogP contribution in [0.15, 0.2) is 40.7 Å². The smallest absolute Gasteiger partial charge is 0.203 e. The van der Waals surface area contributed by atoms with Gasteiger partial charge in [-0.15, -0.1) is 0 Å². The van der Waals surface area contributed by atoms with Gasteiger partial charge >= 0.3 is 0 Å². The third-order valence-corrected chi connectivity index (χ3v) is 3.06. The van der Waals surface area contributed by atoms with Gasteiger partial charge in [-0.25, -0.2) is 5.43 Å². The summed E-state index contributed by atoms with van der Waals surface area (Å²) in [7, 11) is 3.52. The predicted molar refractivity (Wildman–Crippen MR) is 68.8 cm³/mol. The number of hydrogen-bond donors (Lipinski definition) is 1. The molecule has 1 aromatic carbocycles. The molecule has 0 saturated heterocycles. The Labute approximate surface area is 109 Å². The number of rotatable bonds is 4. The first-order valence-electron chi connectivity index (χ1n) is 5.29. The highest BCUT2D eigenvalue weighted by Crippen LogP contribution is 2.25. The van der Waals surface area contributed by atoms with Crippen molar-refractivity contribution < 1.29 is 9.47 Å². The first kappa shape index (κ1) is 12.4. The van der Waals surface area contributed by atoms with E-state index in [4.69, 9.17) is 9.47 Å². The van der Waals surface area contributed by atoms with Gasteiger partial charge in [-0.1, -0.05) is 28.1 Å². The van der Waals surface area contributed by atoms with Gasteiger partial charge in [-0.2, -0.15) is 0 Å². The summed E-state index contributed by atoms with van der Waals surface area (Å²) in [4.78, 5) is 0. The van der Waals surface area contributed by atoms with E-state index in [2.05, 4.69) is 33.5 Å². The van der Waals surface area contributed by atoms with E-state index in [1.165, 1.54) is 5.56 Å². The van der Waals surface area contributed by atoms with Gasteiger partial charge in [-0.3, -0.25) is 5.01 Å². The molecule has 0 fully saturated rings. The van der Waals surface area contributed by atoms with Crippen molar-refractivity contribution >= 4 is 15.9 Å². The van der Waals surface area contributed by atoms with Crippen LogP contribution in [0.5, 0.6) is 0 Å². The van der Waals surface area contributed by atoms with Crippen LogP contribution in [-0.4, -0.2) is 26.0 Å². The van der Waals surface area contributed by atoms with Gasteiger partial charge in [-0.05, 0) is 17.7 Å². The Morgan fingerprint density at radius 2 is 2.06 bits per heavy atom. The summed E-state index contributed by atoms with van der Waals surface area (Å²) >= 11 is 3.42. The minimum absolute atomic E-state index is 0.139. The second kappa shape index (κ2) is 5.53. The first-order chi connectivity index (χ1) is 8.20. The van der Waals surface area contributed by atoms with Crippen molar-refractivity contribution in [1.82, 2.24) is 10.4 Å². The molecule has 1 aliphatic rings. The van der Waals surface area contributed by atoms with E-state index in [0.717, 1.165) is 10.4 Å². The molecule has 1 N–H and O–H groups in total. The molecule has 2 rings (SSSR count). The highest BCUT2D eigenvalue weighted by Gasteiger charge is 2.22. The maximum atomic E-state index is 5.43. The van der Waals surface area contributed by atoms with E-state index in [1.54, 1.807) is 7.11 Å². The van der Waals surface area contributed by atoms with Gasteiger partial charge in [0.25, 0.3) is 0 Å². The molecule has 0 radical (unpaired) electrons. The van der Waals surface area contributed by atoms with Gasteiger partial charge in [0.05, 0.1) is 6.04 Å². The molecule has 17 heavy (non-hydrogen) atoms. The van der Waals surface area contributed by atoms with E-state index in [9.17, 15) is 0 Å². The topological polar surface area (TPSA) is 33.7 Å². The lowest BCUT2D eigenvalue weighted by Gasteiger charge is -2.18. The minimum atomic E-state index is 0.139. The first-order valence-corrected chi connectivity index (χ1v) is 6.09. The molecule has 4 nitrogen and oxygen atoms in total. The maximum Gasteiger partial charge on any atom is 0.203 e. The molecule has 1 unspecified atom stereocenters. The molecule has 0 bridgehead atoms. The lowest BCUT2D eigenvalue weighted by Crippen LogP contribution is -2.30. The SMILES string of the molecule is COCOC1=CC(c2ccc(Br)cc2)NN1C. The van der Waals surface area contributed by atoms with Gasteiger partial charge in [0, 0.05) is 24.7 Å². The van der Waals surface area contributed by atoms with E-state index >= 15 is 0 Å². The molecule has 0 aromatic heterocycles. The van der Waals surface area contributed by atoms with Gasteiger partial charge in [0.2, 0.25) is 5.88 Å². The number of hydrazine groups is 1. The quantitative estimate of drug-likeness (QED) is 0.866. The number of nitrogens with one attached hydrogen (secondary N) is 1. The highest BCUT2D eigenvalue weighted by molar-refractivity contribution is 9.10. The molecule has 92 valence electrons. The summed E-state index contributed by atoms with van der Waals surface area (Å²) in [5, 5.41) is 1.85. The van der Waals surface area contributed by atoms with Crippen LogP contribution in [-0.2, 0) is 9.47 Å². The van der Waals surface area contributed by atoms with Crippen molar-refractivity contribution in [2.45, 2.75) is 6.04 Å². The molecule has 0 saturated carbocycles. The number of nitrogens with zero attached hydrogens (tertiary/aromatic N) is 1. The summed E-state index contributed by atoms with van der Waals surface area (Å²) in [6.07, 6.45) is 2.03. The van der Waals surface area contributed by atoms with Gasteiger partial charge < -0.3 is 9.47 Å². The van der Waals surface area contributed by atoms with E-state index < -0.39 is 0 Å². The second-order valence-electron chi connectivity index (χ2n) is 3.77. The fraction of sp³-hybridized carbons (Fsp3) is 0.333. The summed E-state index contributed by atoms with van der Waals surface area (Å²) in [6.45, 7) is 0.255.